The van der Waals surface area contributed by atoms with E-state index in [0.717, 1.165) is 24.6 Å². The van der Waals surface area contributed by atoms with Gasteiger partial charge < -0.3 is 15.5 Å². The zero-order valence-corrected chi connectivity index (χ0v) is 12.8. The second-order valence-electron chi connectivity index (χ2n) is 4.33. The third-order valence-corrected chi connectivity index (χ3v) is 5.47. The fraction of sp³-hybridized carbons (Fsp3) is 0.700. The number of hydrogen-bond acceptors (Lipinski definition) is 7. The molecule has 0 fully saturated rings. The summed E-state index contributed by atoms with van der Waals surface area (Å²) < 4.78 is 28.0. The molecule has 0 aliphatic rings. The van der Waals surface area contributed by atoms with Gasteiger partial charge in [-0.2, -0.15) is 4.37 Å². The number of hydrogen-bond donors (Lipinski definition) is 1. The van der Waals surface area contributed by atoms with Crippen LogP contribution in [0, 0.1) is 0 Å². The van der Waals surface area contributed by atoms with E-state index in [9.17, 15) is 8.42 Å². The zero-order valence-electron chi connectivity index (χ0n) is 11.2. The monoisotopic (exact) mass is 292 g/mol. The molecule has 0 unspecified atom stereocenters. The van der Waals surface area contributed by atoms with Gasteiger partial charge in [-0.05, 0) is 25.6 Å². The van der Waals surface area contributed by atoms with Crippen LogP contribution in [-0.4, -0.2) is 57.7 Å². The summed E-state index contributed by atoms with van der Waals surface area (Å²) in [4.78, 5) is 4.10. The molecule has 0 bridgehead atoms. The van der Waals surface area contributed by atoms with E-state index in [4.69, 9.17) is 5.73 Å². The Morgan fingerprint density at radius 2 is 1.89 bits per heavy atom. The van der Waals surface area contributed by atoms with Crippen molar-refractivity contribution in [1.29, 1.82) is 0 Å². The Morgan fingerprint density at radius 3 is 2.39 bits per heavy atom. The lowest BCUT2D eigenvalue weighted by molar-refractivity contribution is 0.416. The van der Waals surface area contributed by atoms with Crippen LogP contribution in [0.5, 0.6) is 0 Å². The first-order valence-corrected chi connectivity index (χ1v) is 8.06. The predicted molar refractivity (Wildman–Crippen MR) is 76.1 cm³/mol. The van der Waals surface area contributed by atoms with E-state index >= 15 is 0 Å². The number of rotatable bonds is 6. The molecule has 0 saturated heterocycles. The van der Waals surface area contributed by atoms with Crippen molar-refractivity contribution in [2.75, 3.05) is 50.6 Å². The SMILES string of the molecule is CCS(=O)(=O)c1c(N)nsc1N(C)CCN(C)C. The highest BCUT2D eigenvalue weighted by Gasteiger charge is 2.25. The first-order valence-electron chi connectivity index (χ1n) is 5.63. The summed E-state index contributed by atoms with van der Waals surface area (Å²) in [6.45, 7) is 3.16. The Morgan fingerprint density at radius 1 is 1.28 bits per heavy atom. The second-order valence-corrected chi connectivity index (χ2v) is 7.30. The van der Waals surface area contributed by atoms with E-state index in [0.29, 0.717) is 5.00 Å². The molecule has 0 atom stereocenters. The summed E-state index contributed by atoms with van der Waals surface area (Å²) in [6, 6.07) is 0. The summed E-state index contributed by atoms with van der Waals surface area (Å²) in [5.41, 5.74) is 5.68. The van der Waals surface area contributed by atoms with Crippen LogP contribution in [0.4, 0.5) is 10.8 Å². The molecule has 0 amide bonds. The quantitative estimate of drug-likeness (QED) is 0.823. The van der Waals surface area contributed by atoms with Crippen molar-refractivity contribution in [3.8, 4) is 0 Å². The molecule has 1 aromatic rings. The van der Waals surface area contributed by atoms with Gasteiger partial charge in [-0.3, -0.25) is 0 Å². The van der Waals surface area contributed by atoms with Crippen LogP contribution < -0.4 is 10.6 Å². The number of likely N-dealkylation sites (N-methyl/N-ethyl adjacent to an activating group) is 2. The van der Waals surface area contributed by atoms with Gasteiger partial charge in [0, 0.05) is 20.1 Å². The van der Waals surface area contributed by atoms with Crippen LogP contribution in [-0.2, 0) is 9.84 Å². The highest BCUT2D eigenvalue weighted by molar-refractivity contribution is 7.91. The normalized spacial score (nSPS) is 12.1. The maximum Gasteiger partial charge on any atom is 0.184 e. The van der Waals surface area contributed by atoms with Crippen molar-refractivity contribution < 1.29 is 8.42 Å². The molecule has 18 heavy (non-hydrogen) atoms. The summed E-state index contributed by atoms with van der Waals surface area (Å²) >= 11 is 1.13. The van der Waals surface area contributed by atoms with Crippen molar-refractivity contribution in [1.82, 2.24) is 9.27 Å². The van der Waals surface area contributed by atoms with E-state index in [-0.39, 0.29) is 16.5 Å². The minimum atomic E-state index is -3.33. The molecule has 0 radical (unpaired) electrons. The topological polar surface area (TPSA) is 79.5 Å². The molecule has 6 nitrogen and oxygen atoms in total. The Bertz CT molecular complexity index is 496. The number of nitrogen functional groups attached to an aromatic ring is 1. The smallest absolute Gasteiger partial charge is 0.184 e. The van der Waals surface area contributed by atoms with Crippen LogP contribution in [0.2, 0.25) is 0 Å². The molecule has 1 rings (SSSR count). The molecule has 2 N–H and O–H groups in total. The summed E-state index contributed by atoms with van der Waals surface area (Å²) in [6.07, 6.45) is 0. The van der Waals surface area contributed by atoms with E-state index in [1.807, 2.05) is 30.9 Å². The van der Waals surface area contributed by atoms with E-state index in [2.05, 4.69) is 4.37 Å². The molecule has 0 aliphatic heterocycles. The average Bonchev–Trinajstić information content (AvgIpc) is 2.68. The first kappa shape index (κ1) is 15.2. The molecule has 0 spiro atoms. The lowest BCUT2D eigenvalue weighted by Gasteiger charge is -2.20. The number of aromatic nitrogens is 1. The number of nitrogens with two attached hydrogens (primary N) is 1. The number of sulfone groups is 1. The molecule has 104 valence electrons. The van der Waals surface area contributed by atoms with Crippen LogP contribution in [0.15, 0.2) is 4.90 Å². The van der Waals surface area contributed by atoms with E-state index in [1.54, 1.807) is 6.92 Å². The minimum Gasteiger partial charge on any atom is -0.382 e. The van der Waals surface area contributed by atoms with Crippen molar-refractivity contribution in [2.24, 2.45) is 0 Å². The molecular weight excluding hydrogens is 272 g/mol. The van der Waals surface area contributed by atoms with Crippen molar-refractivity contribution in [3.05, 3.63) is 0 Å². The lowest BCUT2D eigenvalue weighted by Crippen LogP contribution is -2.28. The highest BCUT2D eigenvalue weighted by atomic mass is 32.2. The highest BCUT2D eigenvalue weighted by Crippen LogP contribution is 2.34. The van der Waals surface area contributed by atoms with Gasteiger partial charge in [-0.1, -0.05) is 6.92 Å². The van der Waals surface area contributed by atoms with Crippen LogP contribution in [0.1, 0.15) is 6.92 Å². The summed E-state index contributed by atoms with van der Waals surface area (Å²) in [5, 5.41) is 0.621. The Hall–Kier alpha value is -0.860. The van der Waals surface area contributed by atoms with Gasteiger partial charge in [0.1, 0.15) is 9.90 Å². The number of nitrogens with zero attached hydrogens (tertiary/aromatic N) is 3. The van der Waals surface area contributed by atoms with E-state index < -0.39 is 9.84 Å². The largest absolute Gasteiger partial charge is 0.382 e. The average molecular weight is 292 g/mol. The minimum absolute atomic E-state index is 0.0319. The third-order valence-electron chi connectivity index (χ3n) is 2.58. The van der Waals surface area contributed by atoms with Gasteiger partial charge in [0.05, 0.1) is 5.75 Å². The second kappa shape index (κ2) is 5.85. The Labute approximate surface area is 112 Å². The number of anilines is 2. The molecule has 1 aromatic heterocycles. The van der Waals surface area contributed by atoms with E-state index in [1.165, 1.54) is 0 Å². The first-order chi connectivity index (χ1) is 8.29. The van der Waals surface area contributed by atoms with Crippen LogP contribution in [0.3, 0.4) is 0 Å². The van der Waals surface area contributed by atoms with Gasteiger partial charge in [0.15, 0.2) is 15.7 Å². The Balaban J connectivity index is 3.04. The maximum atomic E-state index is 12.0. The predicted octanol–water partition coefficient (Wildman–Crippen LogP) is 0.517. The molecule has 8 heteroatoms. The summed E-state index contributed by atoms with van der Waals surface area (Å²) in [7, 11) is 2.46. The van der Waals surface area contributed by atoms with Gasteiger partial charge in [0.2, 0.25) is 0 Å². The third kappa shape index (κ3) is 3.33. The summed E-state index contributed by atoms with van der Waals surface area (Å²) in [5.74, 6) is 0.137. The van der Waals surface area contributed by atoms with Crippen LogP contribution >= 0.6 is 11.5 Å². The molecule has 0 aromatic carbocycles. The van der Waals surface area contributed by atoms with Crippen molar-refractivity contribution in [2.45, 2.75) is 11.8 Å². The maximum absolute atomic E-state index is 12.0. The lowest BCUT2D eigenvalue weighted by atomic mass is 10.5. The standard InChI is InChI=1S/C10H20N4O2S2/c1-5-18(15,16)8-9(11)12-17-10(8)14(4)7-6-13(2)3/h5-7H2,1-4H3,(H2,11,12). The van der Waals surface area contributed by atoms with Gasteiger partial charge in [-0.25, -0.2) is 8.42 Å². The fourth-order valence-electron chi connectivity index (χ4n) is 1.42. The molecule has 1 heterocycles. The van der Waals surface area contributed by atoms with Crippen molar-refractivity contribution >= 4 is 32.2 Å². The van der Waals surface area contributed by atoms with Gasteiger partial charge >= 0.3 is 0 Å². The van der Waals surface area contributed by atoms with Gasteiger partial charge in [0.25, 0.3) is 0 Å². The fourth-order valence-corrected chi connectivity index (χ4v) is 3.74. The molecular formula is C10H20N4O2S2. The molecule has 0 saturated carbocycles. The molecule has 0 aliphatic carbocycles. The Kier molecular flexibility index (Phi) is 4.94. The van der Waals surface area contributed by atoms with Gasteiger partial charge in [-0.15, -0.1) is 0 Å². The van der Waals surface area contributed by atoms with Crippen LogP contribution in [0.25, 0.3) is 0 Å². The zero-order chi connectivity index (χ0) is 13.9. The van der Waals surface area contributed by atoms with Crippen molar-refractivity contribution in [3.63, 3.8) is 0 Å².